The Labute approximate surface area is 159 Å². The van der Waals surface area contributed by atoms with E-state index in [1.807, 2.05) is 19.1 Å². The fourth-order valence-corrected chi connectivity index (χ4v) is 3.61. The topological polar surface area (TPSA) is 80.2 Å². The molecular weight excluding hydrogens is 352 g/mol. The molecule has 0 amide bonds. The van der Waals surface area contributed by atoms with Gasteiger partial charge in [-0.1, -0.05) is 24.9 Å². The maximum atomic E-state index is 9.24. The predicted octanol–water partition coefficient (Wildman–Crippen LogP) is 3.86. The van der Waals surface area contributed by atoms with Crippen LogP contribution in [-0.2, 0) is 6.42 Å². The Bertz CT molecular complexity index is 750. The van der Waals surface area contributed by atoms with E-state index in [2.05, 4.69) is 27.2 Å². The molecule has 3 rings (SSSR count). The molecule has 0 saturated heterocycles. The van der Waals surface area contributed by atoms with Gasteiger partial charge in [0.15, 0.2) is 0 Å². The largest absolute Gasteiger partial charge is 0.468 e. The van der Waals surface area contributed by atoms with Gasteiger partial charge in [0.05, 0.1) is 5.69 Å². The Hall–Kier alpha value is -1.92. The maximum Gasteiger partial charge on any atom is 0.219 e. The minimum Gasteiger partial charge on any atom is -0.468 e. The molecule has 0 fully saturated rings. The number of rotatable bonds is 8. The van der Waals surface area contributed by atoms with Gasteiger partial charge in [0, 0.05) is 29.9 Å². The molecule has 1 aliphatic carbocycles. The fraction of sp³-hybridized carbons (Fsp3) is 0.526. The molecule has 2 heterocycles. The van der Waals surface area contributed by atoms with Gasteiger partial charge >= 0.3 is 0 Å². The van der Waals surface area contributed by atoms with Crippen LogP contribution in [0.4, 0.5) is 5.82 Å². The first-order valence-corrected chi connectivity index (χ1v) is 9.51. The standard InChI is InChI=1S/C19H25ClN4O2/c1-3-4-13(8-10-25)24-17-11-18(23-12(2)22-17)26-16-6-5-14-15(20)7-9-21-19(14)16/h7,9,11,13,16,25H,3-6,8,10H2,1-2H3,(H,22,23,24)/t13-,16+/m0/s1. The van der Waals surface area contributed by atoms with Crippen LogP contribution in [0, 0.1) is 6.92 Å². The number of nitrogens with one attached hydrogen (secondary N) is 1. The van der Waals surface area contributed by atoms with E-state index in [9.17, 15) is 5.11 Å². The van der Waals surface area contributed by atoms with Crippen LogP contribution in [0.1, 0.15) is 55.8 Å². The Kier molecular flexibility index (Phi) is 6.27. The number of nitrogens with zero attached hydrogens (tertiary/aromatic N) is 3. The third-order valence-electron chi connectivity index (χ3n) is 4.54. The quantitative estimate of drug-likeness (QED) is 0.728. The van der Waals surface area contributed by atoms with Crippen LogP contribution in [0.25, 0.3) is 0 Å². The highest BCUT2D eigenvalue weighted by molar-refractivity contribution is 6.31. The van der Waals surface area contributed by atoms with E-state index in [0.717, 1.165) is 47.8 Å². The zero-order chi connectivity index (χ0) is 18.5. The molecule has 0 aromatic carbocycles. The van der Waals surface area contributed by atoms with E-state index in [1.165, 1.54) is 0 Å². The molecule has 2 aromatic rings. The average Bonchev–Trinajstić information content (AvgIpc) is 2.99. The second kappa shape index (κ2) is 8.64. The Morgan fingerprint density at radius 3 is 3.00 bits per heavy atom. The van der Waals surface area contributed by atoms with Gasteiger partial charge in [0.1, 0.15) is 17.7 Å². The molecule has 0 saturated carbocycles. The number of ether oxygens (including phenoxy) is 1. The first-order chi connectivity index (χ1) is 12.6. The van der Waals surface area contributed by atoms with Crippen LogP contribution in [0.3, 0.4) is 0 Å². The molecule has 6 nitrogen and oxygen atoms in total. The summed E-state index contributed by atoms with van der Waals surface area (Å²) in [5, 5.41) is 13.4. The molecule has 140 valence electrons. The van der Waals surface area contributed by atoms with Crippen LogP contribution in [-0.4, -0.2) is 32.7 Å². The van der Waals surface area contributed by atoms with Gasteiger partial charge in [-0.25, -0.2) is 4.98 Å². The van der Waals surface area contributed by atoms with Crippen LogP contribution in [0.5, 0.6) is 5.88 Å². The monoisotopic (exact) mass is 376 g/mol. The normalized spacial score (nSPS) is 17.0. The lowest BCUT2D eigenvalue weighted by Gasteiger charge is -2.19. The molecule has 0 unspecified atom stereocenters. The molecular formula is C19H25ClN4O2. The van der Waals surface area contributed by atoms with Crippen molar-refractivity contribution in [2.24, 2.45) is 0 Å². The molecule has 26 heavy (non-hydrogen) atoms. The number of pyridine rings is 1. The predicted molar refractivity (Wildman–Crippen MR) is 102 cm³/mol. The number of halogens is 1. The number of anilines is 1. The van der Waals surface area contributed by atoms with E-state index >= 15 is 0 Å². The Morgan fingerprint density at radius 2 is 2.23 bits per heavy atom. The van der Waals surface area contributed by atoms with Crippen molar-refractivity contribution in [3.8, 4) is 5.88 Å². The summed E-state index contributed by atoms with van der Waals surface area (Å²) in [5.74, 6) is 1.89. The molecule has 0 bridgehead atoms. The Morgan fingerprint density at radius 1 is 1.38 bits per heavy atom. The summed E-state index contributed by atoms with van der Waals surface area (Å²) in [4.78, 5) is 13.3. The van der Waals surface area contributed by atoms with Gasteiger partial charge in [0.2, 0.25) is 5.88 Å². The lowest BCUT2D eigenvalue weighted by Crippen LogP contribution is -2.21. The van der Waals surface area contributed by atoms with Crippen molar-refractivity contribution in [1.82, 2.24) is 15.0 Å². The van der Waals surface area contributed by atoms with E-state index in [0.29, 0.717) is 18.1 Å². The summed E-state index contributed by atoms with van der Waals surface area (Å²) >= 11 is 6.25. The first-order valence-electron chi connectivity index (χ1n) is 9.13. The maximum absolute atomic E-state index is 9.24. The number of aromatic nitrogens is 3. The van der Waals surface area contributed by atoms with Gasteiger partial charge in [-0.3, -0.25) is 4.98 Å². The van der Waals surface area contributed by atoms with Crippen molar-refractivity contribution in [1.29, 1.82) is 0 Å². The second-order valence-electron chi connectivity index (χ2n) is 6.58. The zero-order valence-corrected chi connectivity index (χ0v) is 16.0. The third-order valence-corrected chi connectivity index (χ3v) is 4.89. The third kappa shape index (κ3) is 4.43. The lowest BCUT2D eigenvalue weighted by atomic mass is 10.1. The summed E-state index contributed by atoms with van der Waals surface area (Å²) < 4.78 is 6.12. The fourth-order valence-electron chi connectivity index (χ4n) is 3.36. The van der Waals surface area contributed by atoms with Crippen molar-refractivity contribution >= 4 is 17.4 Å². The second-order valence-corrected chi connectivity index (χ2v) is 6.99. The summed E-state index contributed by atoms with van der Waals surface area (Å²) in [6.07, 6.45) is 5.96. The molecule has 0 aliphatic heterocycles. The summed E-state index contributed by atoms with van der Waals surface area (Å²) in [6.45, 7) is 4.12. The SMILES string of the molecule is CCC[C@@H](CCO)Nc1cc(O[C@@H]2CCc3c(Cl)ccnc32)nc(C)n1. The van der Waals surface area contributed by atoms with Crippen molar-refractivity contribution in [3.05, 3.63) is 40.4 Å². The van der Waals surface area contributed by atoms with Crippen molar-refractivity contribution in [3.63, 3.8) is 0 Å². The number of hydrogen-bond acceptors (Lipinski definition) is 6. The minimum atomic E-state index is -0.144. The lowest BCUT2D eigenvalue weighted by molar-refractivity contribution is 0.194. The average molecular weight is 377 g/mol. The van der Waals surface area contributed by atoms with Gasteiger partial charge in [0.25, 0.3) is 0 Å². The van der Waals surface area contributed by atoms with Gasteiger partial charge < -0.3 is 15.2 Å². The number of hydrogen-bond donors (Lipinski definition) is 2. The number of fused-ring (bicyclic) bond motifs is 1. The molecule has 1 aliphatic rings. The van der Waals surface area contributed by atoms with Crippen molar-refractivity contribution in [2.45, 2.75) is 58.1 Å². The molecule has 0 radical (unpaired) electrons. The number of aliphatic hydroxyl groups excluding tert-OH is 1. The molecule has 2 atom stereocenters. The van der Waals surface area contributed by atoms with Crippen LogP contribution in [0.15, 0.2) is 18.3 Å². The summed E-state index contributed by atoms with van der Waals surface area (Å²) in [5.41, 5.74) is 1.96. The van der Waals surface area contributed by atoms with Crippen molar-refractivity contribution in [2.75, 3.05) is 11.9 Å². The van der Waals surface area contributed by atoms with E-state index < -0.39 is 0 Å². The molecule has 2 aromatic heterocycles. The molecule has 0 spiro atoms. The number of aliphatic hydroxyl groups is 1. The Balaban J connectivity index is 1.76. The highest BCUT2D eigenvalue weighted by atomic mass is 35.5. The highest BCUT2D eigenvalue weighted by Gasteiger charge is 2.28. The smallest absolute Gasteiger partial charge is 0.219 e. The van der Waals surface area contributed by atoms with Gasteiger partial charge in [-0.2, -0.15) is 4.98 Å². The van der Waals surface area contributed by atoms with Crippen LogP contribution < -0.4 is 10.1 Å². The highest BCUT2D eigenvalue weighted by Crippen LogP contribution is 2.36. The zero-order valence-electron chi connectivity index (χ0n) is 15.2. The minimum absolute atomic E-state index is 0.144. The molecule has 2 N–H and O–H groups in total. The van der Waals surface area contributed by atoms with E-state index in [1.54, 1.807) is 6.20 Å². The van der Waals surface area contributed by atoms with Crippen LogP contribution >= 0.6 is 11.6 Å². The van der Waals surface area contributed by atoms with Crippen molar-refractivity contribution < 1.29 is 9.84 Å². The number of aryl methyl sites for hydroxylation is 1. The molecule has 7 heteroatoms. The summed E-state index contributed by atoms with van der Waals surface area (Å²) in [6, 6.07) is 3.81. The summed E-state index contributed by atoms with van der Waals surface area (Å²) in [7, 11) is 0. The van der Waals surface area contributed by atoms with Gasteiger partial charge in [-0.15, -0.1) is 0 Å². The van der Waals surface area contributed by atoms with Gasteiger partial charge in [-0.05, 0) is 44.2 Å². The van der Waals surface area contributed by atoms with E-state index in [4.69, 9.17) is 16.3 Å². The van der Waals surface area contributed by atoms with Crippen LogP contribution in [0.2, 0.25) is 5.02 Å². The first kappa shape index (κ1) is 18.9. The van der Waals surface area contributed by atoms with E-state index in [-0.39, 0.29) is 18.8 Å².